The molecule has 0 saturated carbocycles. The van der Waals surface area contributed by atoms with Crippen LogP contribution in [0.4, 0.5) is 0 Å². The number of rotatable bonds is 3. The first-order valence-corrected chi connectivity index (χ1v) is 5.02. The van der Waals surface area contributed by atoms with E-state index in [1.165, 1.54) is 0 Å². The Morgan fingerprint density at radius 1 is 1.33 bits per heavy atom. The zero-order valence-corrected chi connectivity index (χ0v) is 9.37. The molecule has 84 valence electrons. The second kappa shape index (κ2) is 6.71. The summed E-state index contributed by atoms with van der Waals surface area (Å²) >= 11 is 0. The summed E-state index contributed by atoms with van der Waals surface area (Å²) in [6.45, 7) is 2.70. The van der Waals surface area contributed by atoms with Gasteiger partial charge < -0.3 is 10.1 Å². The molecule has 1 N–H and O–H groups in total. The van der Waals surface area contributed by atoms with Crippen LogP contribution in [-0.2, 0) is 11.3 Å². The number of aromatic nitrogens is 2. The second-order valence-electron chi connectivity index (χ2n) is 3.46. The van der Waals surface area contributed by atoms with Crippen LogP contribution in [0.25, 0.3) is 0 Å². The van der Waals surface area contributed by atoms with Gasteiger partial charge in [0.25, 0.3) is 0 Å². The lowest BCUT2D eigenvalue weighted by Gasteiger charge is -2.22. The highest BCUT2D eigenvalue weighted by Crippen LogP contribution is 2.09. The van der Waals surface area contributed by atoms with Gasteiger partial charge in [0.1, 0.15) is 0 Å². The van der Waals surface area contributed by atoms with Crippen LogP contribution in [0, 0.1) is 0 Å². The van der Waals surface area contributed by atoms with Crippen LogP contribution in [0.5, 0.6) is 0 Å². The third kappa shape index (κ3) is 4.11. The van der Waals surface area contributed by atoms with E-state index in [0.29, 0.717) is 12.7 Å². The molecule has 0 unspecified atom stereocenters. The molecule has 1 fully saturated rings. The average Bonchev–Trinajstić information content (AvgIpc) is 2.29. The highest BCUT2D eigenvalue weighted by molar-refractivity contribution is 5.85. The summed E-state index contributed by atoms with van der Waals surface area (Å²) < 4.78 is 5.73. The van der Waals surface area contributed by atoms with Crippen molar-refractivity contribution in [3.8, 4) is 0 Å². The standard InChI is InChI=1S/C10H15N3O.ClH/c1-3-11-4-2-10(1)14-8-9-7-12-5-6-13-9;/h5-7,10-11H,1-4,8H2;1H. The number of hydrogen-bond acceptors (Lipinski definition) is 4. The molecule has 0 radical (unpaired) electrons. The van der Waals surface area contributed by atoms with Crippen LogP contribution in [0.2, 0.25) is 0 Å². The van der Waals surface area contributed by atoms with E-state index in [2.05, 4.69) is 15.3 Å². The van der Waals surface area contributed by atoms with Crippen LogP contribution in [0.15, 0.2) is 18.6 Å². The fraction of sp³-hybridized carbons (Fsp3) is 0.600. The molecule has 0 spiro atoms. The van der Waals surface area contributed by atoms with Gasteiger partial charge in [-0.05, 0) is 25.9 Å². The molecule has 1 aromatic heterocycles. The fourth-order valence-electron chi connectivity index (χ4n) is 1.57. The Labute approximate surface area is 95.9 Å². The molecule has 0 aromatic carbocycles. The number of piperidine rings is 1. The van der Waals surface area contributed by atoms with Gasteiger partial charge >= 0.3 is 0 Å². The van der Waals surface area contributed by atoms with Crippen molar-refractivity contribution in [2.75, 3.05) is 13.1 Å². The van der Waals surface area contributed by atoms with E-state index in [-0.39, 0.29) is 12.4 Å². The monoisotopic (exact) mass is 229 g/mol. The fourth-order valence-corrected chi connectivity index (χ4v) is 1.57. The first kappa shape index (κ1) is 12.4. The topological polar surface area (TPSA) is 47.0 Å². The van der Waals surface area contributed by atoms with Crippen LogP contribution < -0.4 is 5.32 Å². The van der Waals surface area contributed by atoms with Gasteiger partial charge in [0.15, 0.2) is 0 Å². The normalized spacial score (nSPS) is 17.1. The van der Waals surface area contributed by atoms with Gasteiger partial charge in [0.05, 0.1) is 24.6 Å². The smallest absolute Gasteiger partial charge is 0.0907 e. The summed E-state index contributed by atoms with van der Waals surface area (Å²) in [6.07, 6.45) is 7.70. The Bertz CT molecular complexity index is 265. The van der Waals surface area contributed by atoms with E-state index >= 15 is 0 Å². The Hall–Kier alpha value is -0.710. The number of halogens is 1. The zero-order valence-electron chi connectivity index (χ0n) is 8.56. The van der Waals surface area contributed by atoms with E-state index < -0.39 is 0 Å². The third-order valence-corrected chi connectivity index (χ3v) is 2.37. The number of nitrogens with one attached hydrogen (secondary N) is 1. The van der Waals surface area contributed by atoms with Gasteiger partial charge in [-0.15, -0.1) is 12.4 Å². The zero-order chi connectivity index (χ0) is 9.64. The summed E-state index contributed by atoms with van der Waals surface area (Å²) in [5.74, 6) is 0. The van der Waals surface area contributed by atoms with E-state index in [0.717, 1.165) is 31.6 Å². The molecule has 0 bridgehead atoms. The number of nitrogens with zero attached hydrogens (tertiary/aromatic N) is 2. The van der Waals surface area contributed by atoms with E-state index in [4.69, 9.17) is 4.74 Å². The van der Waals surface area contributed by atoms with Crippen molar-refractivity contribution in [1.82, 2.24) is 15.3 Å². The van der Waals surface area contributed by atoms with Crippen molar-refractivity contribution < 1.29 is 4.74 Å². The quantitative estimate of drug-likeness (QED) is 0.845. The summed E-state index contributed by atoms with van der Waals surface area (Å²) in [4.78, 5) is 8.15. The van der Waals surface area contributed by atoms with Crippen molar-refractivity contribution in [1.29, 1.82) is 0 Å². The van der Waals surface area contributed by atoms with E-state index in [9.17, 15) is 0 Å². The highest BCUT2D eigenvalue weighted by atomic mass is 35.5. The lowest BCUT2D eigenvalue weighted by atomic mass is 10.1. The highest BCUT2D eigenvalue weighted by Gasteiger charge is 2.13. The molecule has 1 aliphatic rings. The predicted molar refractivity (Wildman–Crippen MR) is 60.0 cm³/mol. The SMILES string of the molecule is Cl.c1cnc(COC2CCNCC2)cn1. The van der Waals surface area contributed by atoms with Gasteiger partial charge in [-0.1, -0.05) is 0 Å². The van der Waals surface area contributed by atoms with Gasteiger partial charge in [0, 0.05) is 12.4 Å². The van der Waals surface area contributed by atoms with Gasteiger partial charge in [-0.3, -0.25) is 9.97 Å². The summed E-state index contributed by atoms with van der Waals surface area (Å²) in [6, 6.07) is 0. The minimum Gasteiger partial charge on any atom is -0.372 e. The van der Waals surface area contributed by atoms with Gasteiger partial charge in [-0.25, -0.2) is 0 Å². The molecule has 1 saturated heterocycles. The van der Waals surface area contributed by atoms with Crippen LogP contribution in [-0.4, -0.2) is 29.2 Å². The maximum absolute atomic E-state index is 5.73. The molecular weight excluding hydrogens is 214 g/mol. The van der Waals surface area contributed by atoms with Crippen LogP contribution in [0.3, 0.4) is 0 Å². The van der Waals surface area contributed by atoms with E-state index in [1.54, 1.807) is 18.6 Å². The molecule has 0 atom stereocenters. The largest absolute Gasteiger partial charge is 0.372 e. The molecule has 1 aromatic rings. The number of ether oxygens (including phenoxy) is 1. The van der Waals surface area contributed by atoms with Crippen molar-refractivity contribution in [2.45, 2.75) is 25.6 Å². The maximum Gasteiger partial charge on any atom is 0.0907 e. The first-order valence-electron chi connectivity index (χ1n) is 5.02. The summed E-state index contributed by atoms with van der Waals surface area (Å²) in [5, 5.41) is 3.30. The molecule has 15 heavy (non-hydrogen) atoms. The van der Waals surface area contributed by atoms with Crippen molar-refractivity contribution in [2.24, 2.45) is 0 Å². The lowest BCUT2D eigenvalue weighted by Crippen LogP contribution is -2.32. The Morgan fingerprint density at radius 2 is 2.13 bits per heavy atom. The molecule has 2 heterocycles. The molecule has 2 rings (SSSR count). The molecule has 4 nitrogen and oxygen atoms in total. The summed E-state index contributed by atoms with van der Waals surface area (Å²) in [7, 11) is 0. The Kier molecular flexibility index (Phi) is 5.53. The lowest BCUT2D eigenvalue weighted by molar-refractivity contribution is 0.0194. The van der Waals surface area contributed by atoms with Crippen LogP contribution >= 0.6 is 12.4 Å². The first-order chi connectivity index (χ1) is 6.95. The molecule has 5 heteroatoms. The molecule has 0 aliphatic carbocycles. The minimum absolute atomic E-state index is 0. The van der Waals surface area contributed by atoms with Crippen LogP contribution in [0.1, 0.15) is 18.5 Å². The molecular formula is C10H16ClN3O. The third-order valence-electron chi connectivity index (χ3n) is 2.37. The summed E-state index contributed by atoms with van der Waals surface area (Å²) in [5.41, 5.74) is 0.908. The molecule has 1 aliphatic heterocycles. The maximum atomic E-state index is 5.73. The average molecular weight is 230 g/mol. The predicted octanol–water partition coefficient (Wildman–Crippen LogP) is 1.17. The van der Waals surface area contributed by atoms with Crippen molar-refractivity contribution in [3.05, 3.63) is 24.3 Å². The minimum atomic E-state index is 0. The van der Waals surface area contributed by atoms with Crippen molar-refractivity contribution in [3.63, 3.8) is 0 Å². The number of hydrogen-bond donors (Lipinski definition) is 1. The second-order valence-corrected chi connectivity index (χ2v) is 3.46. The Morgan fingerprint density at radius 3 is 2.80 bits per heavy atom. The van der Waals surface area contributed by atoms with Crippen molar-refractivity contribution >= 4 is 12.4 Å². The van der Waals surface area contributed by atoms with E-state index in [1.807, 2.05) is 0 Å². The Balaban J connectivity index is 0.00000112. The molecule has 0 amide bonds. The van der Waals surface area contributed by atoms with Gasteiger partial charge in [-0.2, -0.15) is 0 Å². The van der Waals surface area contributed by atoms with Gasteiger partial charge in [0.2, 0.25) is 0 Å².